The Morgan fingerprint density at radius 1 is 1.46 bits per heavy atom. The molecule has 8 nitrogen and oxygen atoms in total. The molecule has 0 saturated carbocycles. The Hall–Kier alpha value is -2.61. The number of hydrogen-bond acceptors (Lipinski definition) is 5. The zero-order valence-electron chi connectivity index (χ0n) is 13.6. The molecular weight excluding hydrogens is 312 g/mol. The van der Waals surface area contributed by atoms with Crippen LogP contribution in [0.15, 0.2) is 29.0 Å². The minimum atomic E-state index is -0.796. The van der Waals surface area contributed by atoms with Gasteiger partial charge in [-0.2, -0.15) is 5.10 Å². The van der Waals surface area contributed by atoms with Crippen molar-refractivity contribution in [2.45, 2.75) is 25.5 Å². The molecule has 1 aliphatic heterocycles. The van der Waals surface area contributed by atoms with Crippen molar-refractivity contribution in [1.82, 2.24) is 20.0 Å². The molecular formula is C16H20N4O4. The van der Waals surface area contributed by atoms with Gasteiger partial charge in [0, 0.05) is 33.3 Å². The second-order valence-corrected chi connectivity index (χ2v) is 5.96. The van der Waals surface area contributed by atoms with Crippen LogP contribution < -0.4 is 5.32 Å². The quantitative estimate of drug-likeness (QED) is 0.847. The molecule has 0 spiro atoms. The number of β-amino-alcohol motifs (C(OH)–C–C–N with tert-alkyl or cyclic N) is 1. The number of rotatable bonds is 3. The van der Waals surface area contributed by atoms with E-state index in [1.54, 1.807) is 35.0 Å². The molecule has 3 heterocycles. The fourth-order valence-electron chi connectivity index (χ4n) is 2.96. The second kappa shape index (κ2) is 6.48. The molecule has 2 N–H and O–H groups in total. The monoisotopic (exact) mass is 332 g/mol. The van der Waals surface area contributed by atoms with Gasteiger partial charge < -0.3 is 19.7 Å². The van der Waals surface area contributed by atoms with Crippen molar-refractivity contribution in [2.24, 2.45) is 7.05 Å². The van der Waals surface area contributed by atoms with Crippen molar-refractivity contribution in [3.05, 3.63) is 30.2 Å². The van der Waals surface area contributed by atoms with Gasteiger partial charge in [-0.3, -0.25) is 14.3 Å². The maximum Gasteiger partial charge on any atom is 0.257 e. The third-order valence-corrected chi connectivity index (χ3v) is 4.07. The number of likely N-dealkylation sites (tertiary alicyclic amines) is 1. The summed E-state index contributed by atoms with van der Waals surface area (Å²) in [5.74, 6) is 0.119. The normalized spacial score (nSPS) is 20.9. The van der Waals surface area contributed by atoms with E-state index < -0.39 is 6.10 Å². The molecule has 2 amide bonds. The summed E-state index contributed by atoms with van der Waals surface area (Å²) in [4.78, 5) is 25.6. The molecule has 128 valence electrons. The third kappa shape index (κ3) is 3.18. The summed E-state index contributed by atoms with van der Waals surface area (Å²) in [6.45, 7) is 2.03. The SMILES string of the molecule is CC(=O)NC1CCN(C(=O)c2cn(C)nc2-c2ccco2)CC1O. The summed E-state index contributed by atoms with van der Waals surface area (Å²) in [6.07, 6.45) is 2.88. The van der Waals surface area contributed by atoms with Crippen LogP contribution in [-0.4, -0.2) is 56.8 Å². The Morgan fingerprint density at radius 3 is 2.88 bits per heavy atom. The van der Waals surface area contributed by atoms with E-state index >= 15 is 0 Å². The standard InChI is InChI=1S/C16H20N4O4/c1-10(21)17-12-5-6-20(9-13(12)22)16(23)11-8-19(2)18-15(11)14-4-3-7-24-14/h3-4,7-8,12-13,22H,5-6,9H2,1-2H3,(H,17,21). The van der Waals surface area contributed by atoms with Crippen molar-refractivity contribution in [3.63, 3.8) is 0 Å². The molecule has 0 aromatic carbocycles. The molecule has 1 fully saturated rings. The highest BCUT2D eigenvalue weighted by Gasteiger charge is 2.32. The first-order valence-electron chi connectivity index (χ1n) is 7.77. The Bertz CT molecular complexity index is 737. The van der Waals surface area contributed by atoms with Crippen LogP contribution in [-0.2, 0) is 11.8 Å². The molecule has 3 rings (SSSR count). The van der Waals surface area contributed by atoms with E-state index in [0.717, 1.165) is 0 Å². The average Bonchev–Trinajstić information content (AvgIpc) is 3.17. The van der Waals surface area contributed by atoms with Crippen LogP contribution in [0.1, 0.15) is 23.7 Å². The van der Waals surface area contributed by atoms with Crippen molar-refractivity contribution in [1.29, 1.82) is 0 Å². The van der Waals surface area contributed by atoms with Gasteiger partial charge in [0.15, 0.2) is 5.76 Å². The van der Waals surface area contributed by atoms with E-state index in [1.165, 1.54) is 13.2 Å². The fraction of sp³-hybridized carbons (Fsp3) is 0.438. The number of aliphatic hydroxyl groups is 1. The van der Waals surface area contributed by atoms with E-state index in [9.17, 15) is 14.7 Å². The van der Waals surface area contributed by atoms with Gasteiger partial charge in [-0.05, 0) is 18.6 Å². The van der Waals surface area contributed by atoms with Gasteiger partial charge in [0.2, 0.25) is 5.91 Å². The Labute approximate surface area is 139 Å². The Morgan fingerprint density at radius 2 is 2.25 bits per heavy atom. The summed E-state index contributed by atoms with van der Waals surface area (Å²) in [7, 11) is 1.74. The number of carbonyl (C=O) groups excluding carboxylic acids is 2. The van der Waals surface area contributed by atoms with Crippen molar-refractivity contribution in [2.75, 3.05) is 13.1 Å². The summed E-state index contributed by atoms with van der Waals surface area (Å²) in [6, 6.07) is 3.16. The maximum absolute atomic E-state index is 12.8. The van der Waals surface area contributed by atoms with Crippen LogP contribution in [0.2, 0.25) is 0 Å². The number of aryl methyl sites for hydroxylation is 1. The molecule has 2 aromatic heterocycles. The summed E-state index contributed by atoms with van der Waals surface area (Å²) >= 11 is 0. The number of nitrogens with one attached hydrogen (secondary N) is 1. The minimum absolute atomic E-state index is 0.163. The van der Waals surface area contributed by atoms with Crippen LogP contribution in [0.4, 0.5) is 0 Å². The van der Waals surface area contributed by atoms with Crippen LogP contribution >= 0.6 is 0 Å². The number of aromatic nitrogens is 2. The predicted octanol–water partition coefficient (Wildman–Crippen LogP) is 0.392. The van der Waals surface area contributed by atoms with Crippen molar-refractivity contribution < 1.29 is 19.1 Å². The van der Waals surface area contributed by atoms with Crippen LogP contribution in [0, 0.1) is 0 Å². The molecule has 0 bridgehead atoms. The highest BCUT2D eigenvalue weighted by Crippen LogP contribution is 2.24. The molecule has 1 aliphatic rings. The van der Waals surface area contributed by atoms with Gasteiger partial charge in [-0.1, -0.05) is 0 Å². The first-order chi connectivity index (χ1) is 11.5. The average molecular weight is 332 g/mol. The van der Waals surface area contributed by atoms with Crippen LogP contribution in [0.3, 0.4) is 0 Å². The van der Waals surface area contributed by atoms with E-state index in [2.05, 4.69) is 10.4 Å². The molecule has 2 atom stereocenters. The lowest BCUT2D eigenvalue weighted by Gasteiger charge is -2.36. The van der Waals surface area contributed by atoms with Gasteiger partial charge >= 0.3 is 0 Å². The number of nitrogens with zero attached hydrogens (tertiary/aromatic N) is 3. The lowest BCUT2D eigenvalue weighted by molar-refractivity contribution is -0.121. The summed E-state index contributed by atoms with van der Waals surface area (Å²) in [5.41, 5.74) is 0.906. The molecule has 2 unspecified atom stereocenters. The lowest BCUT2D eigenvalue weighted by Crippen LogP contribution is -2.55. The topological polar surface area (TPSA) is 101 Å². The number of carbonyl (C=O) groups is 2. The first-order valence-corrected chi connectivity index (χ1v) is 7.77. The molecule has 0 radical (unpaired) electrons. The smallest absolute Gasteiger partial charge is 0.257 e. The molecule has 2 aromatic rings. The predicted molar refractivity (Wildman–Crippen MR) is 85.0 cm³/mol. The number of piperidine rings is 1. The summed E-state index contributed by atoms with van der Waals surface area (Å²) in [5, 5.41) is 17.2. The fourth-order valence-corrected chi connectivity index (χ4v) is 2.96. The molecule has 1 saturated heterocycles. The number of hydrogen-bond donors (Lipinski definition) is 2. The zero-order chi connectivity index (χ0) is 17.3. The highest BCUT2D eigenvalue weighted by atomic mass is 16.3. The van der Waals surface area contributed by atoms with E-state index in [0.29, 0.717) is 30.0 Å². The third-order valence-electron chi connectivity index (χ3n) is 4.07. The van der Waals surface area contributed by atoms with Crippen LogP contribution in [0.25, 0.3) is 11.5 Å². The van der Waals surface area contributed by atoms with Gasteiger partial charge in [0.1, 0.15) is 5.69 Å². The Kier molecular flexibility index (Phi) is 4.39. The minimum Gasteiger partial charge on any atom is -0.463 e. The van der Waals surface area contributed by atoms with Crippen LogP contribution in [0.5, 0.6) is 0 Å². The maximum atomic E-state index is 12.8. The van der Waals surface area contributed by atoms with Gasteiger partial charge in [0.05, 0.1) is 24.0 Å². The molecule has 8 heteroatoms. The lowest BCUT2D eigenvalue weighted by atomic mass is 10.0. The number of aliphatic hydroxyl groups excluding tert-OH is 1. The van der Waals surface area contributed by atoms with Gasteiger partial charge in [-0.15, -0.1) is 0 Å². The zero-order valence-corrected chi connectivity index (χ0v) is 13.6. The Balaban J connectivity index is 1.78. The van der Waals surface area contributed by atoms with Crippen molar-refractivity contribution >= 4 is 11.8 Å². The molecule has 24 heavy (non-hydrogen) atoms. The highest BCUT2D eigenvalue weighted by molar-refractivity contribution is 5.99. The van der Waals surface area contributed by atoms with Gasteiger partial charge in [0.25, 0.3) is 5.91 Å². The van der Waals surface area contributed by atoms with E-state index in [-0.39, 0.29) is 24.4 Å². The van der Waals surface area contributed by atoms with E-state index in [4.69, 9.17) is 4.42 Å². The second-order valence-electron chi connectivity index (χ2n) is 5.96. The summed E-state index contributed by atoms with van der Waals surface area (Å²) < 4.78 is 6.91. The van der Waals surface area contributed by atoms with Crippen molar-refractivity contribution in [3.8, 4) is 11.5 Å². The number of amides is 2. The largest absolute Gasteiger partial charge is 0.463 e. The van der Waals surface area contributed by atoms with E-state index in [1.807, 2.05) is 0 Å². The molecule has 0 aliphatic carbocycles. The first kappa shape index (κ1) is 16.3. The number of furan rings is 1. The van der Waals surface area contributed by atoms with Gasteiger partial charge in [-0.25, -0.2) is 0 Å².